The molecule has 0 spiro atoms. The standard InChI is InChI=1S/C19H22N4O3S2/c1-11-15(23-17(21-11)27-16(22-23)19(4,5)24)12-7-8-13(26-6)14(9-12)28(25)18(2,3)10-20/h7-9,24H,1-6H3. The molecule has 0 bridgehead atoms. The van der Waals surface area contributed by atoms with Crippen molar-refractivity contribution in [1.29, 1.82) is 5.26 Å². The highest BCUT2D eigenvalue weighted by Crippen LogP contribution is 2.37. The van der Waals surface area contributed by atoms with Crippen LogP contribution in [0.5, 0.6) is 5.75 Å². The summed E-state index contributed by atoms with van der Waals surface area (Å²) in [6, 6.07) is 7.43. The Kier molecular flexibility index (Phi) is 5.18. The molecule has 28 heavy (non-hydrogen) atoms. The molecule has 1 aromatic carbocycles. The summed E-state index contributed by atoms with van der Waals surface area (Å²) in [6.45, 7) is 8.49. The number of aliphatic hydroxyl groups is 1. The molecule has 148 valence electrons. The van der Waals surface area contributed by atoms with Crippen LogP contribution in [0.25, 0.3) is 16.2 Å². The van der Waals surface area contributed by atoms with Gasteiger partial charge in [-0.3, -0.25) is 0 Å². The molecule has 0 amide bonds. The Labute approximate surface area is 170 Å². The number of hydrogen-bond donors (Lipinski definition) is 1. The molecule has 1 N–H and O–H groups in total. The van der Waals surface area contributed by atoms with Gasteiger partial charge in [0, 0.05) is 36.7 Å². The number of nitriles is 1. The summed E-state index contributed by atoms with van der Waals surface area (Å²) in [7, 11) is 1.51. The van der Waals surface area contributed by atoms with Crippen LogP contribution in [0.2, 0.25) is 0 Å². The van der Waals surface area contributed by atoms with Gasteiger partial charge >= 0.3 is 0 Å². The van der Waals surface area contributed by atoms with Crippen molar-refractivity contribution >= 4 is 27.5 Å². The average molecular weight is 419 g/mol. The second-order valence-electron chi connectivity index (χ2n) is 7.46. The second kappa shape index (κ2) is 7.04. The summed E-state index contributed by atoms with van der Waals surface area (Å²) < 4.78 is 19.0. The molecule has 2 aromatic heterocycles. The Morgan fingerprint density at radius 1 is 1.32 bits per heavy atom. The Balaban J connectivity index is 2.20. The highest BCUT2D eigenvalue weighted by molar-refractivity contribution is 7.93. The van der Waals surface area contributed by atoms with E-state index < -0.39 is 21.5 Å². The van der Waals surface area contributed by atoms with Crippen LogP contribution in [0.15, 0.2) is 23.1 Å². The van der Waals surface area contributed by atoms with E-state index in [4.69, 9.17) is 4.74 Å². The SMILES string of the molecule is COc1ccc(-c2c(C)nc3sc(C(C)(C)O)nn23)cc1[S+]([O-])C(C)(C)C#N. The average Bonchev–Trinajstić information content (AvgIpc) is 3.17. The smallest absolute Gasteiger partial charge is 0.213 e. The quantitative estimate of drug-likeness (QED) is 0.636. The molecule has 0 aliphatic rings. The van der Waals surface area contributed by atoms with Crippen molar-refractivity contribution in [3.8, 4) is 23.1 Å². The number of imidazole rings is 1. The van der Waals surface area contributed by atoms with Gasteiger partial charge in [-0.05, 0) is 32.9 Å². The van der Waals surface area contributed by atoms with E-state index >= 15 is 0 Å². The molecule has 1 unspecified atom stereocenters. The summed E-state index contributed by atoms with van der Waals surface area (Å²) in [4.78, 5) is 5.66. The molecule has 7 nitrogen and oxygen atoms in total. The van der Waals surface area contributed by atoms with E-state index in [1.165, 1.54) is 18.4 Å². The van der Waals surface area contributed by atoms with E-state index in [0.29, 0.717) is 20.6 Å². The molecule has 0 fully saturated rings. The van der Waals surface area contributed by atoms with Crippen LogP contribution >= 0.6 is 11.3 Å². The number of aromatic nitrogens is 3. The number of rotatable bonds is 5. The van der Waals surface area contributed by atoms with Crippen LogP contribution < -0.4 is 4.74 Å². The summed E-state index contributed by atoms with van der Waals surface area (Å²) in [6.07, 6.45) is 0. The molecule has 0 aliphatic carbocycles. The van der Waals surface area contributed by atoms with Crippen molar-refractivity contribution < 1.29 is 14.4 Å². The molecule has 0 aliphatic heterocycles. The van der Waals surface area contributed by atoms with Gasteiger partial charge in [-0.1, -0.05) is 11.3 Å². The predicted molar refractivity (Wildman–Crippen MR) is 109 cm³/mol. The summed E-state index contributed by atoms with van der Waals surface area (Å²) in [5.74, 6) is 0.458. The zero-order chi connectivity index (χ0) is 20.9. The summed E-state index contributed by atoms with van der Waals surface area (Å²) in [5.41, 5.74) is 1.20. The van der Waals surface area contributed by atoms with Gasteiger partial charge in [-0.15, -0.1) is 0 Å². The van der Waals surface area contributed by atoms with E-state index in [9.17, 15) is 14.9 Å². The molecule has 2 heterocycles. The molecule has 0 radical (unpaired) electrons. The monoisotopic (exact) mass is 418 g/mol. The van der Waals surface area contributed by atoms with Crippen LogP contribution in [0.1, 0.15) is 38.4 Å². The molecule has 0 saturated heterocycles. The Morgan fingerprint density at radius 3 is 2.57 bits per heavy atom. The molecule has 1 atom stereocenters. The van der Waals surface area contributed by atoms with Crippen molar-refractivity contribution in [2.24, 2.45) is 0 Å². The predicted octanol–water partition coefficient (Wildman–Crippen LogP) is 3.41. The van der Waals surface area contributed by atoms with Crippen molar-refractivity contribution in [2.45, 2.75) is 49.9 Å². The lowest BCUT2D eigenvalue weighted by atomic mass is 10.1. The molecular weight excluding hydrogens is 396 g/mol. The first-order chi connectivity index (χ1) is 13.0. The first-order valence-corrected chi connectivity index (χ1v) is 10.6. The maximum atomic E-state index is 13.0. The summed E-state index contributed by atoms with van der Waals surface area (Å²) in [5, 5.41) is 24.7. The Morgan fingerprint density at radius 2 is 2.00 bits per heavy atom. The lowest BCUT2D eigenvalue weighted by molar-refractivity contribution is 0.0773. The summed E-state index contributed by atoms with van der Waals surface area (Å²) >= 11 is -0.277. The second-order valence-corrected chi connectivity index (χ2v) is 10.4. The number of aryl methyl sites for hydroxylation is 1. The van der Waals surface area contributed by atoms with Gasteiger partial charge in [0.1, 0.15) is 16.7 Å². The number of methoxy groups -OCH3 is 1. The van der Waals surface area contributed by atoms with E-state index in [2.05, 4.69) is 16.2 Å². The van der Waals surface area contributed by atoms with Gasteiger partial charge in [0.25, 0.3) is 0 Å². The minimum atomic E-state index is -1.60. The third kappa shape index (κ3) is 3.49. The van der Waals surface area contributed by atoms with Gasteiger partial charge in [0.2, 0.25) is 9.71 Å². The van der Waals surface area contributed by atoms with Crippen LogP contribution in [-0.2, 0) is 16.8 Å². The molecule has 3 aromatic rings. The van der Waals surface area contributed by atoms with Crippen LogP contribution in [0.4, 0.5) is 0 Å². The van der Waals surface area contributed by atoms with Crippen molar-refractivity contribution in [3.05, 3.63) is 28.9 Å². The zero-order valence-electron chi connectivity index (χ0n) is 16.6. The van der Waals surface area contributed by atoms with E-state index in [1.54, 1.807) is 44.3 Å². The third-order valence-corrected chi connectivity index (χ3v) is 7.23. The lowest BCUT2D eigenvalue weighted by Gasteiger charge is -2.23. The largest absolute Gasteiger partial charge is 0.610 e. The van der Waals surface area contributed by atoms with Crippen LogP contribution in [0, 0.1) is 18.3 Å². The van der Waals surface area contributed by atoms with E-state index in [-0.39, 0.29) is 0 Å². The lowest BCUT2D eigenvalue weighted by Crippen LogP contribution is -2.30. The molecule has 3 rings (SSSR count). The normalized spacial score (nSPS) is 13.5. The first-order valence-electron chi connectivity index (χ1n) is 8.60. The number of nitrogens with zero attached hydrogens (tertiary/aromatic N) is 4. The molecule has 0 saturated carbocycles. The fourth-order valence-corrected chi connectivity index (χ4v) is 4.86. The first kappa shape index (κ1) is 20.6. The number of fused-ring (bicyclic) bond motifs is 1. The Hall–Kier alpha value is -2.12. The zero-order valence-corrected chi connectivity index (χ0v) is 18.2. The maximum absolute atomic E-state index is 13.0. The highest BCUT2D eigenvalue weighted by Gasteiger charge is 2.36. The Bertz CT molecular complexity index is 1070. The topological polar surface area (TPSA) is 106 Å². The van der Waals surface area contributed by atoms with Gasteiger partial charge in [0.05, 0.1) is 18.5 Å². The van der Waals surface area contributed by atoms with Crippen molar-refractivity contribution in [3.63, 3.8) is 0 Å². The third-order valence-electron chi connectivity index (χ3n) is 4.27. The van der Waals surface area contributed by atoms with Gasteiger partial charge in [-0.25, -0.2) is 9.50 Å². The van der Waals surface area contributed by atoms with Crippen LogP contribution in [-0.4, -0.2) is 36.1 Å². The minimum absolute atomic E-state index is 0.443. The fourth-order valence-electron chi connectivity index (χ4n) is 2.71. The van der Waals surface area contributed by atoms with Crippen molar-refractivity contribution in [2.75, 3.05) is 7.11 Å². The van der Waals surface area contributed by atoms with E-state index in [1.807, 2.05) is 13.0 Å². The van der Waals surface area contributed by atoms with Crippen molar-refractivity contribution in [1.82, 2.24) is 14.6 Å². The maximum Gasteiger partial charge on any atom is 0.213 e. The van der Waals surface area contributed by atoms with Crippen LogP contribution in [0.3, 0.4) is 0 Å². The number of hydrogen-bond acceptors (Lipinski definition) is 7. The van der Waals surface area contributed by atoms with E-state index in [0.717, 1.165) is 17.0 Å². The van der Waals surface area contributed by atoms with Gasteiger partial charge in [0.15, 0.2) is 10.6 Å². The molecule has 9 heteroatoms. The molecular formula is C19H22N4O3S2. The number of benzene rings is 1. The fraction of sp³-hybridized carbons (Fsp3) is 0.421. The minimum Gasteiger partial charge on any atom is -0.610 e. The van der Waals surface area contributed by atoms with Gasteiger partial charge < -0.3 is 14.4 Å². The highest BCUT2D eigenvalue weighted by atomic mass is 32.2. The van der Waals surface area contributed by atoms with Gasteiger partial charge in [-0.2, -0.15) is 10.4 Å². The number of ether oxygens (including phenoxy) is 1.